The van der Waals surface area contributed by atoms with Gasteiger partial charge in [0.1, 0.15) is 0 Å². The molecule has 0 unspecified atom stereocenters. The molecule has 0 spiro atoms. The Balaban J connectivity index is 1.81. The van der Waals surface area contributed by atoms with Crippen molar-refractivity contribution < 1.29 is 9.21 Å². The van der Waals surface area contributed by atoms with Gasteiger partial charge in [0.15, 0.2) is 0 Å². The van der Waals surface area contributed by atoms with E-state index in [0.717, 1.165) is 11.3 Å². The molecule has 9 heteroatoms. The summed E-state index contributed by atoms with van der Waals surface area (Å²) in [5, 5.41) is 17.5. The molecule has 100 valence electrons. The molecule has 0 aliphatic rings. The third kappa shape index (κ3) is 2.65. The Morgan fingerprint density at radius 1 is 1.30 bits per heavy atom. The Labute approximate surface area is 121 Å². The minimum absolute atomic E-state index is 0.193. The number of halogens is 1. The molecule has 0 bridgehead atoms. The summed E-state index contributed by atoms with van der Waals surface area (Å²) >= 11 is 6.64. The molecular formula is C11H6ClN5O2S. The summed E-state index contributed by atoms with van der Waals surface area (Å²) in [6.45, 7) is 0. The number of nitrogens with one attached hydrogen (secondary N) is 1. The van der Waals surface area contributed by atoms with Gasteiger partial charge in [-0.25, -0.2) is 0 Å². The highest BCUT2D eigenvalue weighted by molar-refractivity contribution is 7.17. The van der Waals surface area contributed by atoms with Crippen LogP contribution >= 0.6 is 22.9 Å². The Kier molecular flexibility index (Phi) is 3.40. The van der Waals surface area contributed by atoms with E-state index >= 15 is 0 Å². The van der Waals surface area contributed by atoms with E-state index in [9.17, 15) is 4.79 Å². The zero-order valence-electron chi connectivity index (χ0n) is 9.78. The van der Waals surface area contributed by atoms with Crippen LogP contribution < -0.4 is 5.32 Å². The lowest BCUT2D eigenvalue weighted by Gasteiger charge is -2.03. The molecule has 3 rings (SSSR count). The summed E-state index contributed by atoms with van der Waals surface area (Å²) in [5.41, 5.74) is 1.28. The van der Waals surface area contributed by atoms with E-state index in [1.54, 1.807) is 24.3 Å². The fourth-order valence-electron chi connectivity index (χ4n) is 1.51. The second kappa shape index (κ2) is 5.35. The first-order valence-corrected chi connectivity index (χ1v) is 6.59. The molecule has 0 atom stereocenters. The highest BCUT2D eigenvalue weighted by atomic mass is 35.5. The molecular weight excluding hydrogens is 302 g/mol. The van der Waals surface area contributed by atoms with Gasteiger partial charge < -0.3 is 9.73 Å². The minimum atomic E-state index is -0.378. The number of carbonyl (C=O) groups is 1. The highest BCUT2D eigenvalue weighted by Gasteiger charge is 2.13. The average Bonchev–Trinajstić information content (AvgIpc) is 3.10. The van der Waals surface area contributed by atoms with Gasteiger partial charge in [-0.15, -0.1) is 20.4 Å². The molecule has 0 fully saturated rings. The van der Waals surface area contributed by atoms with Gasteiger partial charge in [0.25, 0.3) is 5.91 Å². The van der Waals surface area contributed by atoms with E-state index in [0.29, 0.717) is 17.1 Å². The molecule has 0 aliphatic heterocycles. The first kappa shape index (κ1) is 12.7. The van der Waals surface area contributed by atoms with Gasteiger partial charge in [0.2, 0.25) is 21.8 Å². The monoisotopic (exact) mass is 307 g/mol. The van der Waals surface area contributed by atoms with Gasteiger partial charge in [0, 0.05) is 11.3 Å². The van der Waals surface area contributed by atoms with Crippen LogP contribution in [0.25, 0.3) is 11.5 Å². The van der Waals surface area contributed by atoms with Crippen LogP contribution in [0.3, 0.4) is 0 Å². The normalized spacial score (nSPS) is 10.4. The maximum absolute atomic E-state index is 11.9. The quantitative estimate of drug-likeness (QED) is 0.799. The van der Waals surface area contributed by atoms with Gasteiger partial charge in [-0.05, 0) is 29.8 Å². The van der Waals surface area contributed by atoms with E-state index in [4.69, 9.17) is 16.0 Å². The standard InChI is InChI=1S/C11H6ClN5O2S/c12-11-17-16-10(20-11)8(18)14-7-3-1-2-6(4-7)9-15-13-5-19-9/h1-5H,(H,14,18). The molecule has 1 N–H and O–H groups in total. The number of anilines is 1. The van der Waals surface area contributed by atoms with Crippen LogP contribution in [0.5, 0.6) is 0 Å². The van der Waals surface area contributed by atoms with E-state index in [-0.39, 0.29) is 15.4 Å². The molecule has 3 aromatic rings. The smallest absolute Gasteiger partial charge is 0.286 e. The highest BCUT2D eigenvalue weighted by Crippen LogP contribution is 2.21. The van der Waals surface area contributed by atoms with Crippen molar-refractivity contribution in [2.75, 3.05) is 5.32 Å². The lowest BCUT2D eigenvalue weighted by Crippen LogP contribution is -2.11. The lowest BCUT2D eigenvalue weighted by atomic mass is 10.2. The number of amides is 1. The van der Waals surface area contributed by atoms with Crippen LogP contribution in [0, 0.1) is 0 Å². The number of hydrogen-bond acceptors (Lipinski definition) is 7. The van der Waals surface area contributed by atoms with E-state index in [1.807, 2.05) is 0 Å². The number of rotatable bonds is 3. The first-order valence-electron chi connectivity index (χ1n) is 5.39. The van der Waals surface area contributed by atoms with Gasteiger partial charge in [-0.3, -0.25) is 4.79 Å². The predicted octanol–water partition coefficient (Wildman–Crippen LogP) is 2.49. The van der Waals surface area contributed by atoms with Crippen LogP contribution in [-0.2, 0) is 0 Å². The topological polar surface area (TPSA) is 93.8 Å². The lowest BCUT2D eigenvalue weighted by molar-refractivity contribution is 0.102. The Morgan fingerprint density at radius 3 is 2.90 bits per heavy atom. The zero-order valence-corrected chi connectivity index (χ0v) is 11.4. The Bertz CT molecular complexity index is 743. The molecule has 0 radical (unpaired) electrons. The summed E-state index contributed by atoms with van der Waals surface area (Å²) in [6, 6.07) is 7.02. The molecule has 20 heavy (non-hydrogen) atoms. The average molecular weight is 308 g/mol. The van der Waals surface area contributed by atoms with Crippen molar-refractivity contribution in [3.8, 4) is 11.5 Å². The summed E-state index contributed by atoms with van der Waals surface area (Å²) in [5.74, 6) is -0.00265. The molecule has 1 amide bonds. The molecule has 0 saturated heterocycles. The van der Waals surface area contributed by atoms with Crippen molar-refractivity contribution in [3.05, 3.63) is 40.1 Å². The van der Waals surface area contributed by atoms with Crippen LogP contribution in [-0.4, -0.2) is 26.3 Å². The Hall–Kier alpha value is -2.32. The number of carbonyl (C=O) groups excluding carboxylic acids is 1. The SMILES string of the molecule is O=C(Nc1cccc(-c2nnco2)c1)c1nnc(Cl)s1. The fraction of sp³-hybridized carbons (Fsp3) is 0. The molecule has 0 aliphatic carbocycles. The summed E-state index contributed by atoms with van der Waals surface area (Å²) in [7, 11) is 0. The van der Waals surface area contributed by atoms with Crippen molar-refractivity contribution in [3.63, 3.8) is 0 Å². The molecule has 1 aromatic carbocycles. The molecule has 0 saturated carbocycles. The third-order valence-electron chi connectivity index (χ3n) is 2.32. The van der Waals surface area contributed by atoms with Crippen LogP contribution in [0.4, 0.5) is 5.69 Å². The van der Waals surface area contributed by atoms with Gasteiger partial charge in [-0.1, -0.05) is 17.4 Å². The first-order chi connectivity index (χ1) is 9.72. The predicted molar refractivity (Wildman–Crippen MR) is 72.6 cm³/mol. The maximum Gasteiger partial charge on any atom is 0.286 e. The Morgan fingerprint density at radius 2 is 2.20 bits per heavy atom. The van der Waals surface area contributed by atoms with Gasteiger partial charge in [-0.2, -0.15) is 0 Å². The van der Waals surface area contributed by atoms with Crippen molar-refractivity contribution in [2.24, 2.45) is 0 Å². The van der Waals surface area contributed by atoms with E-state index in [1.165, 1.54) is 6.39 Å². The van der Waals surface area contributed by atoms with E-state index < -0.39 is 0 Å². The summed E-state index contributed by atoms with van der Waals surface area (Å²) < 4.78 is 5.31. The van der Waals surface area contributed by atoms with Crippen molar-refractivity contribution >= 4 is 34.5 Å². The summed E-state index contributed by atoms with van der Waals surface area (Å²) in [4.78, 5) is 11.9. The second-order valence-corrected chi connectivity index (χ2v) is 5.20. The van der Waals surface area contributed by atoms with Gasteiger partial charge in [0.05, 0.1) is 0 Å². The molecule has 2 aromatic heterocycles. The largest absolute Gasteiger partial charge is 0.423 e. The van der Waals surface area contributed by atoms with Gasteiger partial charge >= 0.3 is 0 Å². The van der Waals surface area contributed by atoms with E-state index in [2.05, 4.69) is 25.7 Å². The molecule has 2 heterocycles. The second-order valence-electron chi connectivity index (χ2n) is 3.64. The van der Waals surface area contributed by atoms with Crippen LogP contribution in [0.2, 0.25) is 4.47 Å². The number of nitrogens with zero attached hydrogens (tertiary/aromatic N) is 4. The maximum atomic E-state index is 11.9. The fourth-order valence-corrected chi connectivity index (χ4v) is 2.23. The molecule has 7 nitrogen and oxygen atoms in total. The van der Waals surface area contributed by atoms with Crippen molar-refractivity contribution in [2.45, 2.75) is 0 Å². The van der Waals surface area contributed by atoms with Crippen LogP contribution in [0.1, 0.15) is 9.80 Å². The van der Waals surface area contributed by atoms with Crippen molar-refractivity contribution in [1.82, 2.24) is 20.4 Å². The number of hydrogen-bond donors (Lipinski definition) is 1. The minimum Gasteiger partial charge on any atom is -0.423 e. The summed E-state index contributed by atoms with van der Waals surface area (Å²) in [6.07, 6.45) is 1.24. The zero-order chi connectivity index (χ0) is 13.9. The number of aromatic nitrogens is 4. The third-order valence-corrected chi connectivity index (χ3v) is 3.34. The van der Waals surface area contributed by atoms with Crippen LogP contribution in [0.15, 0.2) is 35.1 Å². The number of benzene rings is 1. The van der Waals surface area contributed by atoms with Crippen molar-refractivity contribution in [1.29, 1.82) is 0 Å².